The molecule has 4 rings (SSSR count). The largest absolute Gasteiger partial charge is 0.393 e. The molecule has 6 nitrogen and oxygen atoms in total. The molecule has 0 saturated carbocycles. The smallest absolute Gasteiger partial charge is 0.256 e. The Morgan fingerprint density at radius 1 is 1.15 bits per heavy atom. The average molecular weight is 362 g/mol. The number of hydrogen-bond acceptors (Lipinski definition) is 5. The molecule has 1 saturated heterocycles. The van der Waals surface area contributed by atoms with Crippen molar-refractivity contribution in [2.45, 2.75) is 25.9 Å². The van der Waals surface area contributed by atoms with Crippen LogP contribution in [0.4, 0.5) is 11.6 Å². The summed E-state index contributed by atoms with van der Waals surface area (Å²) in [5, 5.41) is 14.6. The fraction of sp³-hybridized carbons (Fsp3) is 0.286. The Morgan fingerprint density at radius 2 is 1.96 bits per heavy atom. The number of nitrogens with zero attached hydrogens (tertiary/aromatic N) is 3. The first-order valence-corrected chi connectivity index (χ1v) is 9.16. The summed E-state index contributed by atoms with van der Waals surface area (Å²) >= 11 is 0. The summed E-state index contributed by atoms with van der Waals surface area (Å²) in [7, 11) is 0. The lowest BCUT2D eigenvalue weighted by atomic mass is 10.1. The summed E-state index contributed by atoms with van der Waals surface area (Å²) in [4.78, 5) is 23.6. The number of aryl methyl sites for hydroxylation is 1. The highest BCUT2D eigenvalue weighted by Crippen LogP contribution is 2.24. The van der Waals surface area contributed by atoms with Crippen LogP contribution in [0.1, 0.15) is 28.8 Å². The van der Waals surface area contributed by atoms with Crippen molar-refractivity contribution in [1.29, 1.82) is 0 Å². The third kappa shape index (κ3) is 3.75. The molecule has 3 heterocycles. The van der Waals surface area contributed by atoms with Gasteiger partial charge in [0.15, 0.2) is 0 Å². The fourth-order valence-electron chi connectivity index (χ4n) is 3.40. The predicted octanol–water partition coefficient (Wildman–Crippen LogP) is 3.15. The molecule has 1 aliphatic rings. The molecule has 1 amide bonds. The molecule has 2 N–H and O–H groups in total. The van der Waals surface area contributed by atoms with Crippen LogP contribution in [0.3, 0.4) is 0 Å². The second-order valence-corrected chi connectivity index (χ2v) is 6.95. The van der Waals surface area contributed by atoms with Crippen LogP contribution in [0.2, 0.25) is 0 Å². The third-order valence-electron chi connectivity index (χ3n) is 4.98. The lowest BCUT2D eigenvalue weighted by Gasteiger charge is -2.31. The SMILES string of the molecule is Cc1ccc(NC(=O)c2ccc3cnccc3c2)nc1N1CCC(O)CC1. The van der Waals surface area contributed by atoms with E-state index in [0.29, 0.717) is 11.4 Å². The monoisotopic (exact) mass is 362 g/mol. The van der Waals surface area contributed by atoms with Crippen molar-refractivity contribution in [1.82, 2.24) is 9.97 Å². The standard InChI is InChI=1S/C21H22N4O2/c1-14-2-5-19(23-20(14)25-10-7-18(26)8-11-25)24-21(27)16-3-4-17-13-22-9-6-15(17)12-16/h2-6,9,12-13,18,26H,7-8,10-11H2,1H3,(H,23,24,27). The van der Waals surface area contributed by atoms with E-state index < -0.39 is 0 Å². The summed E-state index contributed by atoms with van der Waals surface area (Å²) in [6, 6.07) is 11.2. The molecule has 0 bridgehead atoms. The Kier molecular flexibility index (Phi) is 4.73. The van der Waals surface area contributed by atoms with Gasteiger partial charge in [-0.1, -0.05) is 12.1 Å². The maximum atomic E-state index is 12.7. The van der Waals surface area contributed by atoms with Gasteiger partial charge in [-0.05, 0) is 55.0 Å². The van der Waals surface area contributed by atoms with Crippen molar-refractivity contribution in [2.24, 2.45) is 0 Å². The summed E-state index contributed by atoms with van der Waals surface area (Å²) in [5.41, 5.74) is 1.64. The zero-order chi connectivity index (χ0) is 18.8. The van der Waals surface area contributed by atoms with Crippen molar-refractivity contribution >= 4 is 28.3 Å². The number of anilines is 2. The molecule has 3 aromatic rings. The summed E-state index contributed by atoms with van der Waals surface area (Å²) in [6.45, 7) is 3.55. The minimum absolute atomic E-state index is 0.190. The van der Waals surface area contributed by atoms with Crippen molar-refractivity contribution in [3.05, 3.63) is 59.9 Å². The van der Waals surface area contributed by atoms with E-state index in [1.54, 1.807) is 18.5 Å². The average Bonchev–Trinajstić information content (AvgIpc) is 2.70. The van der Waals surface area contributed by atoms with Crippen LogP contribution in [0.15, 0.2) is 48.8 Å². The van der Waals surface area contributed by atoms with Crippen LogP contribution in [-0.4, -0.2) is 40.2 Å². The van der Waals surface area contributed by atoms with Crippen LogP contribution in [0.5, 0.6) is 0 Å². The Balaban J connectivity index is 1.54. The second-order valence-electron chi connectivity index (χ2n) is 6.95. The molecular weight excluding hydrogens is 340 g/mol. The number of fused-ring (bicyclic) bond motifs is 1. The molecule has 27 heavy (non-hydrogen) atoms. The van der Waals surface area contributed by atoms with Crippen LogP contribution in [0.25, 0.3) is 10.8 Å². The highest BCUT2D eigenvalue weighted by Gasteiger charge is 2.20. The highest BCUT2D eigenvalue weighted by atomic mass is 16.3. The van der Waals surface area contributed by atoms with Gasteiger partial charge >= 0.3 is 0 Å². The number of pyridine rings is 2. The lowest BCUT2D eigenvalue weighted by molar-refractivity contribution is 0.102. The molecule has 0 radical (unpaired) electrons. The summed E-state index contributed by atoms with van der Waals surface area (Å²) in [6.07, 6.45) is 4.74. The zero-order valence-electron chi connectivity index (χ0n) is 15.2. The summed E-state index contributed by atoms with van der Waals surface area (Å²) < 4.78 is 0. The number of carbonyl (C=O) groups is 1. The van der Waals surface area contributed by atoms with E-state index in [-0.39, 0.29) is 12.0 Å². The number of aromatic nitrogens is 2. The maximum Gasteiger partial charge on any atom is 0.256 e. The number of aliphatic hydroxyl groups is 1. The van der Waals surface area contributed by atoms with Crippen LogP contribution in [-0.2, 0) is 0 Å². The number of nitrogens with one attached hydrogen (secondary N) is 1. The predicted molar refractivity (Wildman–Crippen MR) is 106 cm³/mol. The molecule has 0 atom stereocenters. The maximum absolute atomic E-state index is 12.7. The Bertz CT molecular complexity index is 981. The van der Waals surface area contributed by atoms with Gasteiger partial charge in [-0.25, -0.2) is 4.98 Å². The van der Waals surface area contributed by atoms with E-state index in [1.807, 2.05) is 37.3 Å². The Morgan fingerprint density at radius 3 is 2.78 bits per heavy atom. The van der Waals surface area contributed by atoms with E-state index in [0.717, 1.165) is 48.1 Å². The van der Waals surface area contributed by atoms with Gasteiger partial charge in [0.25, 0.3) is 5.91 Å². The van der Waals surface area contributed by atoms with Crippen molar-refractivity contribution in [3.8, 4) is 0 Å². The number of hydrogen-bond donors (Lipinski definition) is 2. The Hall–Kier alpha value is -2.99. The summed E-state index contributed by atoms with van der Waals surface area (Å²) in [5.74, 6) is 1.20. The van der Waals surface area contributed by atoms with E-state index >= 15 is 0 Å². The molecule has 138 valence electrons. The number of aliphatic hydroxyl groups excluding tert-OH is 1. The number of benzene rings is 1. The van der Waals surface area contributed by atoms with E-state index in [1.165, 1.54) is 0 Å². The van der Waals surface area contributed by atoms with Gasteiger partial charge in [0.05, 0.1) is 6.10 Å². The lowest BCUT2D eigenvalue weighted by Crippen LogP contribution is -2.36. The van der Waals surface area contributed by atoms with Gasteiger partial charge in [-0.3, -0.25) is 9.78 Å². The van der Waals surface area contributed by atoms with Crippen LogP contribution >= 0.6 is 0 Å². The van der Waals surface area contributed by atoms with Crippen molar-refractivity contribution < 1.29 is 9.90 Å². The van der Waals surface area contributed by atoms with Crippen LogP contribution < -0.4 is 10.2 Å². The number of amides is 1. The van der Waals surface area contributed by atoms with E-state index in [4.69, 9.17) is 0 Å². The molecule has 1 aliphatic heterocycles. The van der Waals surface area contributed by atoms with Gasteiger partial charge in [-0.2, -0.15) is 0 Å². The number of carbonyl (C=O) groups excluding carboxylic acids is 1. The minimum Gasteiger partial charge on any atom is -0.393 e. The topological polar surface area (TPSA) is 78.4 Å². The molecule has 0 aliphatic carbocycles. The highest BCUT2D eigenvalue weighted by molar-refractivity contribution is 6.06. The molecular formula is C21H22N4O2. The van der Waals surface area contributed by atoms with Gasteiger partial charge < -0.3 is 15.3 Å². The normalized spacial score (nSPS) is 15.1. The first kappa shape index (κ1) is 17.4. The quantitative estimate of drug-likeness (QED) is 0.748. The first-order valence-electron chi connectivity index (χ1n) is 9.16. The molecule has 1 fully saturated rings. The number of piperidine rings is 1. The minimum atomic E-state index is -0.229. The molecule has 6 heteroatoms. The van der Waals surface area contributed by atoms with Crippen LogP contribution in [0, 0.1) is 6.92 Å². The van der Waals surface area contributed by atoms with Gasteiger partial charge in [0.1, 0.15) is 11.6 Å². The molecule has 2 aromatic heterocycles. The van der Waals surface area contributed by atoms with Gasteiger partial charge in [0.2, 0.25) is 0 Å². The van der Waals surface area contributed by atoms with E-state index in [2.05, 4.69) is 20.2 Å². The second kappa shape index (κ2) is 7.32. The fourth-order valence-corrected chi connectivity index (χ4v) is 3.40. The third-order valence-corrected chi connectivity index (χ3v) is 4.98. The zero-order valence-corrected chi connectivity index (χ0v) is 15.2. The molecule has 1 aromatic carbocycles. The molecule has 0 unspecified atom stereocenters. The van der Waals surface area contributed by atoms with Gasteiger partial charge in [0, 0.05) is 36.4 Å². The molecule has 0 spiro atoms. The van der Waals surface area contributed by atoms with Crippen molar-refractivity contribution in [3.63, 3.8) is 0 Å². The number of rotatable bonds is 3. The van der Waals surface area contributed by atoms with Crippen molar-refractivity contribution in [2.75, 3.05) is 23.3 Å². The van der Waals surface area contributed by atoms with E-state index in [9.17, 15) is 9.90 Å². The van der Waals surface area contributed by atoms with Gasteiger partial charge in [-0.15, -0.1) is 0 Å². The first-order chi connectivity index (χ1) is 13.1. The Labute approximate surface area is 157 Å².